The van der Waals surface area contributed by atoms with Gasteiger partial charge in [0.15, 0.2) is 0 Å². The zero-order valence-electron chi connectivity index (χ0n) is 11.6. The third kappa shape index (κ3) is 4.59. The number of likely N-dealkylation sites (N-methyl/N-ethyl adjacent to an activating group) is 1. The van der Waals surface area contributed by atoms with Gasteiger partial charge in [-0.1, -0.05) is 20.8 Å². The number of hydrogen-bond acceptors (Lipinski definition) is 2. The summed E-state index contributed by atoms with van der Waals surface area (Å²) >= 11 is 0. The molecule has 1 rings (SSSR count). The fourth-order valence-electron chi connectivity index (χ4n) is 1.72. The van der Waals surface area contributed by atoms with Gasteiger partial charge in [-0.15, -0.1) is 0 Å². The predicted molar refractivity (Wildman–Crippen MR) is 68.5 cm³/mol. The highest BCUT2D eigenvalue weighted by molar-refractivity contribution is 5.81. The molecule has 0 spiro atoms. The molecule has 106 valence electrons. The summed E-state index contributed by atoms with van der Waals surface area (Å²) in [6.07, 6.45) is -0.691. The van der Waals surface area contributed by atoms with Gasteiger partial charge in [-0.25, -0.2) is 8.78 Å². The number of carbonyl (C=O) groups is 1. The Kier molecular flexibility index (Phi) is 5.00. The van der Waals surface area contributed by atoms with E-state index < -0.39 is 23.2 Å². The molecule has 1 unspecified atom stereocenters. The largest absolute Gasteiger partial charge is 0.363 e. The molecule has 1 atom stereocenters. The Hall–Kier alpha value is -1.49. The van der Waals surface area contributed by atoms with Gasteiger partial charge in [-0.3, -0.25) is 4.79 Å². The van der Waals surface area contributed by atoms with Crippen molar-refractivity contribution in [2.24, 2.45) is 5.41 Å². The topological polar surface area (TPSA) is 38.3 Å². The Morgan fingerprint density at radius 1 is 1.26 bits per heavy atom. The van der Waals surface area contributed by atoms with Gasteiger partial charge < -0.3 is 10.1 Å². The Labute approximate surface area is 112 Å². The maximum absolute atomic E-state index is 13.0. The van der Waals surface area contributed by atoms with E-state index in [1.54, 1.807) is 0 Å². The van der Waals surface area contributed by atoms with Gasteiger partial charge in [0.25, 0.3) is 0 Å². The van der Waals surface area contributed by atoms with E-state index in [4.69, 9.17) is 4.74 Å². The van der Waals surface area contributed by atoms with Crippen LogP contribution < -0.4 is 5.32 Å². The molecule has 0 bridgehead atoms. The molecule has 1 aromatic carbocycles. The van der Waals surface area contributed by atoms with Gasteiger partial charge >= 0.3 is 0 Å². The molecular formula is C14H19F2NO2. The third-order valence-electron chi connectivity index (χ3n) is 2.61. The quantitative estimate of drug-likeness (QED) is 0.914. The first-order valence-corrected chi connectivity index (χ1v) is 6.02. The summed E-state index contributed by atoms with van der Waals surface area (Å²) in [5.74, 6) is -1.58. The maximum atomic E-state index is 13.0. The number of benzene rings is 1. The number of amides is 1. The van der Waals surface area contributed by atoms with Crippen LogP contribution in [-0.4, -0.2) is 19.1 Å². The lowest BCUT2D eigenvalue weighted by atomic mass is 9.88. The van der Waals surface area contributed by atoms with Crippen LogP contribution in [0, 0.1) is 17.0 Å². The molecule has 0 heterocycles. The fraction of sp³-hybridized carbons (Fsp3) is 0.500. The fourth-order valence-corrected chi connectivity index (χ4v) is 1.72. The Balaban J connectivity index is 2.79. The summed E-state index contributed by atoms with van der Waals surface area (Å²) < 4.78 is 31.6. The number of nitrogens with one attached hydrogen (secondary N) is 1. The molecule has 0 aromatic heterocycles. The van der Waals surface area contributed by atoms with Crippen molar-refractivity contribution in [3.8, 4) is 0 Å². The first-order valence-electron chi connectivity index (χ1n) is 6.02. The van der Waals surface area contributed by atoms with Crippen LogP contribution >= 0.6 is 0 Å². The van der Waals surface area contributed by atoms with Crippen molar-refractivity contribution in [2.45, 2.75) is 33.5 Å². The lowest BCUT2D eigenvalue weighted by molar-refractivity contribution is -0.140. The average molecular weight is 271 g/mol. The number of carbonyl (C=O) groups excluding carboxylic acids is 1. The van der Waals surface area contributed by atoms with E-state index in [-0.39, 0.29) is 12.5 Å². The minimum atomic E-state index is -0.691. The summed E-state index contributed by atoms with van der Waals surface area (Å²) in [5, 5.41) is 2.52. The standard InChI is InChI=1S/C14H19F2NO2/c1-14(2,3)12(13(18)17-4)19-8-9-5-10(15)7-11(16)6-9/h5-7,12H,8H2,1-4H3,(H,17,18). The highest BCUT2D eigenvalue weighted by Gasteiger charge is 2.31. The van der Waals surface area contributed by atoms with Crippen LogP contribution in [0.4, 0.5) is 8.78 Å². The zero-order chi connectivity index (χ0) is 14.6. The van der Waals surface area contributed by atoms with Crippen LogP contribution in [0.1, 0.15) is 26.3 Å². The zero-order valence-corrected chi connectivity index (χ0v) is 11.6. The van der Waals surface area contributed by atoms with Crippen LogP contribution in [0.15, 0.2) is 18.2 Å². The molecule has 0 aliphatic carbocycles. The van der Waals surface area contributed by atoms with Crippen LogP contribution in [0.3, 0.4) is 0 Å². The molecule has 0 fully saturated rings. The Morgan fingerprint density at radius 2 is 1.79 bits per heavy atom. The first kappa shape index (κ1) is 15.6. The van der Waals surface area contributed by atoms with E-state index in [1.165, 1.54) is 19.2 Å². The van der Waals surface area contributed by atoms with E-state index in [0.717, 1.165) is 6.07 Å². The predicted octanol–water partition coefficient (Wildman–Crippen LogP) is 2.64. The van der Waals surface area contributed by atoms with E-state index >= 15 is 0 Å². The van der Waals surface area contributed by atoms with Gasteiger partial charge in [-0.05, 0) is 23.1 Å². The van der Waals surface area contributed by atoms with E-state index in [2.05, 4.69) is 5.32 Å². The van der Waals surface area contributed by atoms with E-state index in [1.807, 2.05) is 20.8 Å². The van der Waals surface area contributed by atoms with Crippen LogP contribution in [-0.2, 0) is 16.1 Å². The maximum Gasteiger partial charge on any atom is 0.249 e. The molecule has 0 saturated carbocycles. The molecule has 3 nitrogen and oxygen atoms in total. The third-order valence-corrected chi connectivity index (χ3v) is 2.61. The normalized spacial score (nSPS) is 13.2. The summed E-state index contributed by atoms with van der Waals surface area (Å²) in [5.41, 5.74) is -0.0537. The molecular weight excluding hydrogens is 252 g/mol. The van der Waals surface area contributed by atoms with Gasteiger partial charge in [-0.2, -0.15) is 0 Å². The van der Waals surface area contributed by atoms with Crippen molar-refractivity contribution < 1.29 is 18.3 Å². The van der Waals surface area contributed by atoms with Gasteiger partial charge in [0, 0.05) is 13.1 Å². The second-order valence-electron chi connectivity index (χ2n) is 5.45. The lowest BCUT2D eigenvalue weighted by Crippen LogP contribution is -2.43. The molecule has 0 saturated heterocycles. The van der Waals surface area contributed by atoms with Crippen molar-refractivity contribution in [3.63, 3.8) is 0 Å². The monoisotopic (exact) mass is 271 g/mol. The summed E-state index contributed by atoms with van der Waals surface area (Å²) in [6.45, 7) is 5.56. The first-order chi connectivity index (χ1) is 8.74. The number of hydrogen-bond donors (Lipinski definition) is 1. The SMILES string of the molecule is CNC(=O)C(OCc1cc(F)cc(F)c1)C(C)(C)C. The molecule has 0 aliphatic rings. The van der Waals surface area contributed by atoms with Gasteiger partial charge in [0.05, 0.1) is 6.61 Å². The highest BCUT2D eigenvalue weighted by Crippen LogP contribution is 2.23. The van der Waals surface area contributed by atoms with Crippen LogP contribution in [0.25, 0.3) is 0 Å². The summed E-state index contributed by atoms with van der Waals surface area (Å²) in [7, 11) is 1.52. The van der Waals surface area contributed by atoms with Crippen LogP contribution in [0.5, 0.6) is 0 Å². The average Bonchev–Trinajstić information content (AvgIpc) is 2.25. The number of halogens is 2. The molecule has 5 heteroatoms. The summed E-state index contributed by atoms with van der Waals surface area (Å²) in [6, 6.07) is 3.17. The molecule has 1 amide bonds. The minimum absolute atomic E-state index is 0.0238. The van der Waals surface area contributed by atoms with Crippen LogP contribution in [0.2, 0.25) is 0 Å². The lowest BCUT2D eigenvalue weighted by Gasteiger charge is -2.29. The number of ether oxygens (including phenoxy) is 1. The second kappa shape index (κ2) is 6.10. The summed E-state index contributed by atoms with van der Waals surface area (Å²) in [4.78, 5) is 11.7. The molecule has 1 N–H and O–H groups in total. The Bertz CT molecular complexity index is 435. The van der Waals surface area contributed by atoms with Gasteiger partial charge in [0.2, 0.25) is 5.91 Å². The Morgan fingerprint density at radius 3 is 2.21 bits per heavy atom. The second-order valence-corrected chi connectivity index (χ2v) is 5.45. The molecule has 19 heavy (non-hydrogen) atoms. The smallest absolute Gasteiger partial charge is 0.249 e. The van der Waals surface area contributed by atoms with Crippen molar-refractivity contribution in [2.75, 3.05) is 7.05 Å². The molecule has 0 radical (unpaired) electrons. The van der Waals surface area contributed by atoms with E-state index in [0.29, 0.717) is 5.56 Å². The highest BCUT2D eigenvalue weighted by atomic mass is 19.1. The van der Waals surface area contributed by atoms with Crippen molar-refractivity contribution in [1.82, 2.24) is 5.32 Å². The minimum Gasteiger partial charge on any atom is -0.363 e. The van der Waals surface area contributed by atoms with Crippen molar-refractivity contribution in [1.29, 1.82) is 0 Å². The van der Waals surface area contributed by atoms with Gasteiger partial charge in [0.1, 0.15) is 17.7 Å². The molecule has 1 aromatic rings. The molecule has 0 aliphatic heterocycles. The van der Waals surface area contributed by atoms with Crippen molar-refractivity contribution >= 4 is 5.91 Å². The van der Waals surface area contributed by atoms with Crippen molar-refractivity contribution in [3.05, 3.63) is 35.4 Å². The number of rotatable bonds is 4. The van der Waals surface area contributed by atoms with E-state index in [9.17, 15) is 13.6 Å².